The van der Waals surface area contributed by atoms with Crippen molar-refractivity contribution < 1.29 is 47.8 Å². The molecular weight excluding hydrogens is 432 g/mol. The number of nitrogens with zero attached hydrogens (tertiary/aromatic N) is 1. The zero-order valence-electron chi connectivity index (χ0n) is 17.7. The number of hydrogen-bond donors (Lipinski definition) is 1. The SMILES string of the molecule is CC(=O)OC[C@H](OC(C)=O)[C@H](OC(C)=O)[C@H](OC(C)=O)C(=O)Nc1ccccc1[N+](=O)[O-]. The van der Waals surface area contributed by atoms with Crippen LogP contribution in [0.1, 0.15) is 27.7 Å². The fourth-order valence-electron chi connectivity index (χ4n) is 2.52. The average molecular weight is 454 g/mol. The molecule has 0 fully saturated rings. The van der Waals surface area contributed by atoms with Crippen LogP contribution in [-0.4, -0.2) is 59.6 Å². The number of carbonyl (C=O) groups excluding carboxylic acids is 5. The fourth-order valence-corrected chi connectivity index (χ4v) is 2.52. The second-order valence-corrected chi connectivity index (χ2v) is 6.32. The van der Waals surface area contributed by atoms with Crippen molar-refractivity contribution in [1.29, 1.82) is 0 Å². The quantitative estimate of drug-likeness (QED) is 0.230. The van der Waals surface area contributed by atoms with Crippen molar-refractivity contribution in [3.8, 4) is 0 Å². The summed E-state index contributed by atoms with van der Waals surface area (Å²) in [4.78, 5) is 69.4. The number of esters is 4. The predicted molar refractivity (Wildman–Crippen MR) is 105 cm³/mol. The largest absolute Gasteiger partial charge is 0.462 e. The van der Waals surface area contributed by atoms with Gasteiger partial charge in [0.15, 0.2) is 12.2 Å². The third kappa shape index (κ3) is 8.38. The van der Waals surface area contributed by atoms with Gasteiger partial charge in [0.25, 0.3) is 11.6 Å². The van der Waals surface area contributed by atoms with Crippen LogP contribution in [0.2, 0.25) is 0 Å². The lowest BCUT2D eigenvalue weighted by Crippen LogP contribution is -2.52. The molecule has 0 aliphatic rings. The molecule has 1 rings (SSSR count). The number of benzene rings is 1. The molecule has 1 aromatic carbocycles. The van der Waals surface area contributed by atoms with E-state index in [0.717, 1.165) is 33.8 Å². The summed E-state index contributed by atoms with van der Waals surface area (Å²) in [6.45, 7) is 3.39. The van der Waals surface area contributed by atoms with E-state index in [1.54, 1.807) is 0 Å². The zero-order valence-corrected chi connectivity index (χ0v) is 17.7. The van der Waals surface area contributed by atoms with Crippen molar-refractivity contribution in [2.45, 2.75) is 46.0 Å². The van der Waals surface area contributed by atoms with Crippen LogP contribution in [0, 0.1) is 10.1 Å². The van der Waals surface area contributed by atoms with Crippen molar-refractivity contribution in [3.05, 3.63) is 34.4 Å². The van der Waals surface area contributed by atoms with Crippen LogP contribution in [0.4, 0.5) is 11.4 Å². The Morgan fingerprint density at radius 3 is 1.97 bits per heavy atom. The van der Waals surface area contributed by atoms with Gasteiger partial charge < -0.3 is 24.3 Å². The van der Waals surface area contributed by atoms with Crippen molar-refractivity contribution in [2.24, 2.45) is 0 Å². The molecule has 1 aromatic rings. The standard InChI is InChI=1S/C19H22N2O11/c1-10(22)29-9-16(30-11(2)23)17(31-12(3)24)18(32-13(4)25)19(26)20-14-7-5-6-8-15(14)21(27)28/h5-8,16-18H,9H2,1-4H3,(H,20,26)/t16-,17-,18-/m0/s1. The highest BCUT2D eigenvalue weighted by molar-refractivity contribution is 5.97. The first-order valence-corrected chi connectivity index (χ1v) is 9.11. The van der Waals surface area contributed by atoms with Gasteiger partial charge in [-0.25, -0.2) is 0 Å². The maximum absolute atomic E-state index is 12.9. The summed E-state index contributed by atoms with van der Waals surface area (Å²) in [6.07, 6.45) is -5.21. The number of nitro groups is 1. The van der Waals surface area contributed by atoms with E-state index in [0.29, 0.717) is 0 Å². The molecule has 0 heterocycles. The van der Waals surface area contributed by atoms with E-state index in [-0.39, 0.29) is 5.69 Å². The van der Waals surface area contributed by atoms with Gasteiger partial charge in [-0.1, -0.05) is 12.1 Å². The van der Waals surface area contributed by atoms with E-state index in [1.807, 2.05) is 0 Å². The maximum Gasteiger partial charge on any atom is 0.303 e. The number of nitro benzene ring substituents is 1. The Kier molecular flexibility index (Phi) is 9.73. The summed E-state index contributed by atoms with van der Waals surface area (Å²) in [5, 5.41) is 13.4. The minimum absolute atomic E-state index is 0.231. The summed E-state index contributed by atoms with van der Waals surface area (Å²) in [5.41, 5.74) is -0.687. The number of rotatable bonds is 10. The zero-order chi connectivity index (χ0) is 24.4. The van der Waals surface area contributed by atoms with Crippen LogP contribution in [0.25, 0.3) is 0 Å². The Labute approximate surface area is 182 Å². The highest BCUT2D eigenvalue weighted by atomic mass is 16.6. The Hall–Kier alpha value is -4.03. The Morgan fingerprint density at radius 1 is 0.906 bits per heavy atom. The molecule has 0 aromatic heterocycles. The number of ether oxygens (including phenoxy) is 4. The van der Waals surface area contributed by atoms with Crippen molar-refractivity contribution in [1.82, 2.24) is 0 Å². The smallest absolute Gasteiger partial charge is 0.303 e. The van der Waals surface area contributed by atoms with Crippen LogP contribution in [0.3, 0.4) is 0 Å². The molecule has 3 atom stereocenters. The van der Waals surface area contributed by atoms with E-state index < -0.39 is 65.3 Å². The van der Waals surface area contributed by atoms with E-state index in [1.165, 1.54) is 18.2 Å². The van der Waals surface area contributed by atoms with Gasteiger partial charge in [0.2, 0.25) is 6.10 Å². The Morgan fingerprint density at radius 2 is 1.47 bits per heavy atom. The van der Waals surface area contributed by atoms with E-state index in [2.05, 4.69) is 5.32 Å². The van der Waals surface area contributed by atoms with Crippen molar-refractivity contribution in [2.75, 3.05) is 11.9 Å². The molecule has 0 saturated heterocycles. The summed E-state index contributed by atoms with van der Waals surface area (Å²) >= 11 is 0. The minimum Gasteiger partial charge on any atom is -0.462 e. The Balaban J connectivity index is 3.38. The minimum atomic E-state index is -1.92. The van der Waals surface area contributed by atoms with Crippen molar-refractivity contribution >= 4 is 41.2 Å². The normalized spacial score (nSPS) is 13.0. The molecule has 0 bridgehead atoms. The lowest BCUT2D eigenvalue weighted by Gasteiger charge is -2.30. The van der Waals surface area contributed by atoms with Gasteiger partial charge in [0.05, 0.1) is 4.92 Å². The molecule has 0 unspecified atom stereocenters. The molecule has 0 aliphatic heterocycles. The first kappa shape index (κ1) is 26.0. The number of anilines is 1. The maximum atomic E-state index is 12.9. The third-order valence-electron chi connectivity index (χ3n) is 3.65. The summed E-state index contributed by atoms with van der Waals surface area (Å²) in [7, 11) is 0. The number of amides is 1. The van der Waals surface area contributed by atoms with E-state index >= 15 is 0 Å². The third-order valence-corrected chi connectivity index (χ3v) is 3.65. The molecule has 0 spiro atoms. The highest BCUT2D eigenvalue weighted by Crippen LogP contribution is 2.24. The van der Waals surface area contributed by atoms with Gasteiger partial charge in [-0.3, -0.25) is 34.1 Å². The highest BCUT2D eigenvalue weighted by Gasteiger charge is 2.42. The second-order valence-electron chi connectivity index (χ2n) is 6.32. The van der Waals surface area contributed by atoms with Gasteiger partial charge in [0, 0.05) is 33.8 Å². The number of para-hydroxylation sites is 2. The van der Waals surface area contributed by atoms with Gasteiger partial charge in [-0.05, 0) is 6.07 Å². The Bertz CT molecular complexity index is 899. The van der Waals surface area contributed by atoms with Crippen LogP contribution < -0.4 is 5.32 Å². The topological polar surface area (TPSA) is 177 Å². The molecule has 0 saturated carbocycles. The van der Waals surface area contributed by atoms with Crippen molar-refractivity contribution in [3.63, 3.8) is 0 Å². The second kappa shape index (κ2) is 12.0. The molecular formula is C19H22N2O11. The molecule has 0 aliphatic carbocycles. The van der Waals surface area contributed by atoms with Crippen LogP contribution in [0.15, 0.2) is 24.3 Å². The average Bonchev–Trinajstić information content (AvgIpc) is 2.67. The molecule has 1 N–H and O–H groups in total. The molecule has 0 radical (unpaired) electrons. The summed E-state index contributed by atoms with van der Waals surface area (Å²) in [6, 6.07) is 5.14. The molecule has 13 nitrogen and oxygen atoms in total. The van der Waals surface area contributed by atoms with Gasteiger partial charge in [-0.15, -0.1) is 0 Å². The number of carbonyl (C=O) groups is 5. The number of nitrogens with one attached hydrogen (secondary N) is 1. The van der Waals surface area contributed by atoms with Crippen LogP contribution >= 0.6 is 0 Å². The first-order valence-electron chi connectivity index (χ1n) is 9.11. The summed E-state index contributed by atoms with van der Waals surface area (Å²) in [5.74, 6) is -4.68. The van der Waals surface area contributed by atoms with Crippen LogP contribution in [0.5, 0.6) is 0 Å². The molecule has 1 amide bonds. The van der Waals surface area contributed by atoms with Gasteiger partial charge in [0.1, 0.15) is 12.3 Å². The predicted octanol–water partition coefficient (Wildman–Crippen LogP) is 0.892. The van der Waals surface area contributed by atoms with Gasteiger partial charge in [-0.2, -0.15) is 0 Å². The summed E-state index contributed by atoms with van der Waals surface area (Å²) < 4.78 is 19.9. The lowest BCUT2D eigenvalue weighted by molar-refractivity contribution is -0.383. The molecule has 174 valence electrons. The van der Waals surface area contributed by atoms with Gasteiger partial charge >= 0.3 is 23.9 Å². The lowest BCUT2D eigenvalue weighted by atomic mass is 10.1. The first-order chi connectivity index (χ1) is 14.9. The fraction of sp³-hybridized carbons (Fsp3) is 0.421. The number of hydrogen-bond acceptors (Lipinski definition) is 11. The molecule has 32 heavy (non-hydrogen) atoms. The van der Waals surface area contributed by atoms with E-state index in [4.69, 9.17) is 18.9 Å². The molecule has 13 heteroatoms. The van der Waals surface area contributed by atoms with E-state index in [9.17, 15) is 34.1 Å². The monoisotopic (exact) mass is 454 g/mol. The van der Waals surface area contributed by atoms with Crippen LogP contribution in [-0.2, 0) is 42.9 Å².